The van der Waals surface area contributed by atoms with Crippen molar-refractivity contribution in [2.24, 2.45) is 13.0 Å². The second-order valence-corrected chi connectivity index (χ2v) is 4.56. The minimum Gasteiger partial charge on any atom is -0.317 e. The first kappa shape index (κ1) is 13.2. The van der Waals surface area contributed by atoms with Gasteiger partial charge in [0.05, 0.1) is 5.69 Å². The van der Waals surface area contributed by atoms with Crippen molar-refractivity contribution in [1.29, 1.82) is 0 Å². The van der Waals surface area contributed by atoms with Crippen LogP contribution in [0, 0.1) is 5.92 Å². The lowest BCUT2D eigenvalue weighted by atomic mass is 10.0. The molecule has 0 aromatic carbocycles. The van der Waals surface area contributed by atoms with E-state index in [1.165, 1.54) is 17.8 Å². The van der Waals surface area contributed by atoms with Gasteiger partial charge in [-0.25, -0.2) is 0 Å². The van der Waals surface area contributed by atoms with Crippen molar-refractivity contribution < 1.29 is 0 Å². The fourth-order valence-corrected chi connectivity index (χ4v) is 1.87. The number of rotatable bonds is 7. The van der Waals surface area contributed by atoms with E-state index in [1.807, 2.05) is 11.7 Å². The molecule has 1 rings (SSSR count). The molecule has 1 heterocycles. The van der Waals surface area contributed by atoms with E-state index in [0.29, 0.717) is 0 Å². The van der Waals surface area contributed by atoms with E-state index in [1.54, 1.807) is 0 Å². The molecule has 92 valence electrons. The zero-order valence-corrected chi connectivity index (χ0v) is 11.1. The highest BCUT2D eigenvalue weighted by atomic mass is 15.3. The van der Waals surface area contributed by atoms with Crippen molar-refractivity contribution >= 4 is 0 Å². The van der Waals surface area contributed by atoms with E-state index >= 15 is 0 Å². The summed E-state index contributed by atoms with van der Waals surface area (Å²) >= 11 is 0. The van der Waals surface area contributed by atoms with Crippen molar-refractivity contribution in [2.75, 3.05) is 13.1 Å². The second kappa shape index (κ2) is 6.69. The van der Waals surface area contributed by atoms with Gasteiger partial charge in [-0.15, -0.1) is 0 Å². The Kier molecular flexibility index (Phi) is 5.53. The lowest BCUT2D eigenvalue weighted by Gasteiger charge is -2.11. The van der Waals surface area contributed by atoms with E-state index in [-0.39, 0.29) is 0 Å². The van der Waals surface area contributed by atoms with Crippen molar-refractivity contribution in [2.45, 2.75) is 40.0 Å². The van der Waals surface area contributed by atoms with Crippen LogP contribution in [-0.2, 0) is 19.9 Å². The van der Waals surface area contributed by atoms with Gasteiger partial charge < -0.3 is 5.32 Å². The van der Waals surface area contributed by atoms with Gasteiger partial charge in [-0.3, -0.25) is 4.68 Å². The number of hydrogen-bond acceptors (Lipinski definition) is 2. The van der Waals surface area contributed by atoms with Crippen LogP contribution >= 0.6 is 0 Å². The zero-order chi connectivity index (χ0) is 12.0. The number of aryl methyl sites for hydroxylation is 3. The van der Waals surface area contributed by atoms with Crippen LogP contribution in [0.4, 0.5) is 0 Å². The summed E-state index contributed by atoms with van der Waals surface area (Å²) in [4.78, 5) is 0. The molecule has 0 saturated carbocycles. The standard InChI is InChI=1S/C13H25N3/c1-5-12-9-13(16(4)15-12)8-7-11(3)10-14-6-2/h9,11,14H,5-8,10H2,1-4H3. The fraction of sp³-hybridized carbons (Fsp3) is 0.769. The summed E-state index contributed by atoms with van der Waals surface area (Å²) in [6.45, 7) is 8.80. The predicted octanol–water partition coefficient (Wildman–Crippen LogP) is 2.16. The molecule has 3 heteroatoms. The van der Waals surface area contributed by atoms with Crippen molar-refractivity contribution in [1.82, 2.24) is 15.1 Å². The average molecular weight is 223 g/mol. The average Bonchev–Trinajstić information content (AvgIpc) is 2.64. The maximum absolute atomic E-state index is 4.47. The van der Waals surface area contributed by atoms with E-state index < -0.39 is 0 Å². The van der Waals surface area contributed by atoms with E-state index in [9.17, 15) is 0 Å². The lowest BCUT2D eigenvalue weighted by Crippen LogP contribution is -2.21. The Morgan fingerprint density at radius 1 is 1.44 bits per heavy atom. The summed E-state index contributed by atoms with van der Waals surface area (Å²) < 4.78 is 2.03. The van der Waals surface area contributed by atoms with Crippen molar-refractivity contribution in [3.8, 4) is 0 Å². The molecule has 0 bridgehead atoms. The summed E-state index contributed by atoms with van der Waals surface area (Å²) in [5.41, 5.74) is 2.57. The Morgan fingerprint density at radius 2 is 2.19 bits per heavy atom. The third kappa shape index (κ3) is 3.97. The van der Waals surface area contributed by atoms with Gasteiger partial charge in [-0.05, 0) is 44.3 Å². The fourth-order valence-electron chi connectivity index (χ4n) is 1.87. The largest absolute Gasteiger partial charge is 0.317 e. The Bertz CT molecular complexity index is 304. The van der Waals surface area contributed by atoms with Gasteiger partial charge in [0, 0.05) is 12.7 Å². The lowest BCUT2D eigenvalue weighted by molar-refractivity contribution is 0.481. The molecule has 1 unspecified atom stereocenters. The topological polar surface area (TPSA) is 29.9 Å². The molecular weight excluding hydrogens is 198 g/mol. The highest BCUT2D eigenvalue weighted by Crippen LogP contribution is 2.10. The Morgan fingerprint density at radius 3 is 2.75 bits per heavy atom. The maximum Gasteiger partial charge on any atom is 0.0624 e. The van der Waals surface area contributed by atoms with E-state index in [4.69, 9.17) is 0 Å². The molecule has 0 radical (unpaired) electrons. The van der Waals surface area contributed by atoms with Gasteiger partial charge in [0.25, 0.3) is 0 Å². The molecule has 1 atom stereocenters. The van der Waals surface area contributed by atoms with Crippen LogP contribution in [0.2, 0.25) is 0 Å². The molecule has 0 spiro atoms. The van der Waals surface area contributed by atoms with Crippen LogP contribution in [0.1, 0.15) is 38.6 Å². The molecule has 1 N–H and O–H groups in total. The van der Waals surface area contributed by atoms with Crippen molar-refractivity contribution in [3.05, 3.63) is 17.5 Å². The molecule has 1 aromatic rings. The van der Waals surface area contributed by atoms with Gasteiger partial charge in [0.2, 0.25) is 0 Å². The summed E-state index contributed by atoms with van der Waals surface area (Å²) in [5.74, 6) is 0.736. The molecule has 1 aromatic heterocycles. The molecule has 0 aliphatic rings. The molecule has 0 saturated heterocycles. The van der Waals surface area contributed by atoms with Crippen LogP contribution in [-0.4, -0.2) is 22.9 Å². The van der Waals surface area contributed by atoms with Crippen LogP contribution < -0.4 is 5.32 Å². The maximum atomic E-state index is 4.47. The van der Waals surface area contributed by atoms with Crippen LogP contribution in [0.15, 0.2) is 6.07 Å². The monoisotopic (exact) mass is 223 g/mol. The Labute approximate surface area is 99.2 Å². The minimum atomic E-state index is 0.736. The Balaban J connectivity index is 2.38. The van der Waals surface area contributed by atoms with E-state index in [2.05, 4.69) is 37.3 Å². The summed E-state index contributed by atoms with van der Waals surface area (Å²) in [5, 5.41) is 7.86. The molecule has 0 aliphatic carbocycles. The van der Waals surface area contributed by atoms with Gasteiger partial charge in [0.1, 0.15) is 0 Å². The van der Waals surface area contributed by atoms with E-state index in [0.717, 1.165) is 31.8 Å². The summed E-state index contributed by atoms with van der Waals surface area (Å²) in [6, 6.07) is 2.24. The highest BCUT2D eigenvalue weighted by Gasteiger charge is 2.06. The Hall–Kier alpha value is -0.830. The first-order valence-corrected chi connectivity index (χ1v) is 6.39. The van der Waals surface area contributed by atoms with Crippen LogP contribution in [0.3, 0.4) is 0 Å². The molecule has 16 heavy (non-hydrogen) atoms. The SMILES string of the molecule is CCNCC(C)CCc1cc(CC)nn1C. The molecule has 0 amide bonds. The zero-order valence-electron chi connectivity index (χ0n) is 11.1. The number of nitrogens with one attached hydrogen (secondary N) is 1. The second-order valence-electron chi connectivity index (χ2n) is 4.56. The molecular formula is C13H25N3. The minimum absolute atomic E-state index is 0.736. The molecule has 3 nitrogen and oxygen atoms in total. The summed E-state index contributed by atoms with van der Waals surface area (Å²) in [6.07, 6.45) is 3.40. The van der Waals surface area contributed by atoms with Gasteiger partial charge in [0.15, 0.2) is 0 Å². The quantitative estimate of drug-likeness (QED) is 0.767. The van der Waals surface area contributed by atoms with Gasteiger partial charge in [-0.1, -0.05) is 20.8 Å². The van der Waals surface area contributed by atoms with Crippen LogP contribution in [0.25, 0.3) is 0 Å². The normalized spacial score (nSPS) is 13.0. The number of hydrogen-bond donors (Lipinski definition) is 1. The third-order valence-corrected chi connectivity index (χ3v) is 3.03. The smallest absolute Gasteiger partial charge is 0.0624 e. The van der Waals surface area contributed by atoms with Crippen molar-refractivity contribution in [3.63, 3.8) is 0 Å². The molecule has 0 fully saturated rings. The molecule has 0 aliphatic heterocycles. The van der Waals surface area contributed by atoms with Crippen LogP contribution in [0.5, 0.6) is 0 Å². The third-order valence-electron chi connectivity index (χ3n) is 3.03. The predicted molar refractivity (Wildman–Crippen MR) is 68.6 cm³/mol. The first-order chi connectivity index (χ1) is 7.67. The highest BCUT2D eigenvalue weighted by molar-refractivity contribution is 5.10. The summed E-state index contributed by atoms with van der Waals surface area (Å²) in [7, 11) is 2.05. The number of aromatic nitrogens is 2. The van der Waals surface area contributed by atoms with Gasteiger partial charge >= 0.3 is 0 Å². The van der Waals surface area contributed by atoms with Gasteiger partial charge in [-0.2, -0.15) is 5.10 Å². The first-order valence-electron chi connectivity index (χ1n) is 6.39. The number of nitrogens with zero attached hydrogens (tertiary/aromatic N) is 2.